The summed E-state index contributed by atoms with van der Waals surface area (Å²) < 4.78 is 0. The van der Waals surface area contributed by atoms with Crippen molar-refractivity contribution in [2.45, 2.75) is 32.2 Å². The number of fused-ring (bicyclic) bond motifs is 2. The van der Waals surface area contributed by atoms with Crippen LogP contribution >= 0.6 is 0 Å². The monoisotopic (exact) mass is 439 g/mol. The number of Topliss-reactive ketones (excluding diaryl/α,β-unsaturated/α-hetero) is 1. The molecule has 3 amide bonds. The van der Waals surface area contributed by atoms with Crippen molar-refractivity contribution in [3.05, 3.63) is 83.1 Å². The quantitative estimate of drug-likeness (QED) is 0.608. The van der Waals surface area contributed by atoms with E-state index in [9.17, 15) is 19.2 Å². The van der Waals surface area contributed by atoms with Crippen molar-refractivity contribution in [3.8, 4) is 0 Å². The zero-order chi connectivity index (χ0) is 23.1. The maximum absolute atomic E-state index is 13.6. The first-order chi connectivity index (χ1) is 16.0. The van der Waals surface area contributed by atoms with E-state index in [2.05, 4.69) is 10.3 Å². The molecule has 0 bridgehead atoms. The number of hydrogen-bond donors (Lipinski definition) is 1. The van der Waals surface area contributed by atoms with Crippen molar-refractivity contribution >= 4 is 40.1 Å². The van der Waals surface area contributed by atoms with Gasteiger partial charge >= 0.3 is 0 Å². The Morgan fingerprint density at radius 2 is 1.67 bits per heavy atom. The van der Waals surface area contributed by atoms with E-state index in [1.807, 2.05) is 18.2 Å². The molecule has 2 aromatic carbocycles. The lowest BCUT2D eigenvalue weighted by Gasteiger charge is -2.26. The molecule has 2 aliphatic rings. The molecule has 1 atom stereocenters. The van der Waals surface area contributed by atoms with Crippen LogP contribution < -0.4 is 5.32 Å². The fourth-order valence-corrected chi connectivity index (χ4v) is 4.54. The number of nitrogens with one attached hydrogen (secondary N) is 1. The Morgan fingerprint density at radius 3 is 2.33 bits per heavy atom. The molecule has 33 heavy (non-hydrogen) atoms. The van der Waals surface area contributed by atoms with Gasteiger partial charge in [-0.2, -0.15) is 0 Å². The standard InChI is InChI=1S/C26H21N3O4/c1-15-17(11-12-22(15)30)14-21(29-25(32)18-8-2-3-9-19(18)26(29)33)24(31)28-20-10-4-6-16-7-5-13-27-23(16)20/h2-10,13,21H,11-12,14H2,1H3,(H,28,31)/t21-/m0/s1. The molecule has 0 unspecified atom stereocenters. The van der Waals surface area contributed by atoms with Gasteiger partial charge in [-0.25, -0.2) is 0 Å². The Labute approximate surface area is 190 Å². The summed E-state index contributed by atoms with van der Waals surface area (Å²) in [5, 5.41) is 3.73. The lowest BCUT2D eigenvalue weighted by molar-refractivity contribution is -0.120. The fraction of sp³-hybridized carbons (Fsp3) is 0.192. The number of carbonyl (C=O) groups excluding carboxylic acids is 4. The van der Waals surface area contributed by atoms with Crippen LogP contribution in [0.5, 0.6) is 0 Å². The molecular formula is C26H21N3O4. The van der Waals surface area contributed by atoms with E-state index in [0.717, 1.165) is 15.9 Å². The summed E-state index contributed by atoms with van der Waals surface area (Å²) in [6, 6.07) is 14.6. The Kier molecular flexibility index (Phi) is 5.09. The molecule has 0 radical (unpaired) electrons. The third-order valence-electron chi connectivity index (χ3n) is 6.37. The maximum Gasteiger partial charge on any atom is 0.262 e. The highest BCUT2D eigenvalue weighted by Gasteiger charge is 2.43. The number of carbonyl (C=O) groups is 4. The van der Waals surface area contributed by atoms with Crippen LogP contribution in [-0.4, -0.2) is 39.4 Å². The van der Waals surface area contributed by atoms with Crippen molar-refractivity contribution < 1.29 is 19.2 Å². The van der Waals surface area contributed by atoms with E-state index in [1.54, 1.807) is 49.5 Å². The van der Waals surface area contributed by atoms with E-state index in [4.69, 9.17) is 0 Å². The van der Waals surface area contributed by atoms with Gasteiger partial charge in [-0.1, -0.05) is 35.9 Å². The van der Waals surface area contributed by atoms with Gasteiger partial charge in [0.25, 0.3) is 11.8 Å². The van der Waals surface area contributed by atoms with Crippen LogP contribution in [-0.2, 0) is 9.59 Å². The molecule has 7 nitrogen and oxygen atoms in total. The van der Waals surface area contributed by atoms with E-state index >= 15 is 0 Å². The van der Waals surface area contributed by atoms with Gasteiger partial charge in [-0.3, -0.25) is 29.1 Å². The number of allylic oxidation sites excluding steroid dienone is 1. The van der Waals surface area contributed by atoms with Gasteiger partial charge < -0.3 is 5.32 Å². The molecule has 0 saturated heterocycles. The summed E-state index contributed by atoms with van der Waals surface area (Å²) in [7, 11) is 0. The highest BCUT2D eigenvalue weighted by atomic mass is 16.2. The Morgan fingerprint density at radius 1 is 0.970 bits per heavy atom. The maximum atomic E-state index is 13.6. The van der Waals surface area contributed by atoms with Gasteiger partial charge in [0.1, 0.15) is 6.04 Å². The summed E-state index contributed by atoms with van der Waals surface area (Å²) in [5.74, 6) is -1.48. The second kappa shape index (κ2) is 8.09. The molecule has 5 rings (SSSR count). The molecule has 1 aromatic heterocycles. The minimum Gasteiger partial charge on any atom is -0.322 e. The predicted octanol–water partition coefficient (Wildman–Crippen LogP) is 3.91. The minimum atomic E-state index is -1.09. The van der Waals surface area contributed by atoms with Crippen molar-refractivity contribution in [2.75, 3.05) is 5.32 Å². The number of hydrogen-bond acceptors (Lipinski definition) is 5. The molecule has 1 aliphatic heterocycles. The van der Waals surface area contributed by atoms with Crippen LogP contribution in [0.3, 0.4) is 0 Å². The highest BCUT2D eigenvalue weighted by molar-refractivity contribution is 6.23. The second-order valence-corrected chi connectivity index (χ2v) is 8.27. The zero-order valence-electron chi connectivity index (χ0n) is 18.0. The summed E-state index contributed by atoms with van der Waals surface area (Å²) >= 11 is 0. The molecule has 1 aliphatic carbocycles. The lowest BCUT2D eigenvalue weighted by atomic mass is 10.0. The molecule has 3 aromatic rings. The normalized spacial score (nSPS) is 16.5. The van der Waals surface area contributed by atoms with Gasteiger partial charge in [-0.05, 0) is 49.6 Å². The second-order valence-electron chi connectivity index (χ2n) is 8.27. The van der Waals surface area contributed by atoms with E-state index < -0.39 is 23.8 Å². The number of aromatic nitrogens is 1. The van der Waals surface area contributed by atoms with Crippen LogP contribution in [0, 0.1) is 0 Å². The number of rotatable bonds is 5. The number of imide groups is 1. The van der Waals surface area contributed by atoms with Crippen molar-refractivity contribution in [2.24, 2.45) is 0 Å². The van der Waals surface area contributed by atoms with Gasteiger partial charge in [0.05, 0.1) is 22.3 Å². The predicted molar refractivity (Wildman–Crippen MR) is 123 cm³/mol. The average Bonchev–Trinajstić information content (AvgIpc) is 3.28. The number of amides is 3. The van der Waals surface area contributed by atoms with Gasteiger partial charge in [0, 0.05) is 18.0 Å². The first-order valence-electron chi connectivity index (χ1n) is 10.8. The van der Waals surface area contributed by atoms with Crippen LogP contribution in [0.4, 0.5) is 5.69 Å². The van der Waals surface area contributed by atoms with Crippen molar-refractivity contribution in [1.82, 2.24) is 9.88 Å². The third-order valence-corrected chi connectivity index (χ3v) is 6.37. The number of para-hydroxylation sites is 1. The third kappa shape index (κ3) is 3.51. The molecular weight excluding hydrogens is 418 g/mol. The summed E-state index contributed by atoms with van der Waals surface area (Å²) in [5.41, 5.74) is 3.07. The SMILES string of the molecule is CC1=C(C[C@@H](C(=O)Nc2cccc3cccnc23)N2C(=O)c3ccccc3C2=O)CCC1=O. The molecule has 7 heteroatoms. The zero-order valence-corrected chi connectivity index (χ0v) is 18.0. The van der Waals surface area contributed by atoms with Gasteiger partial charge in [0.2, 0.25) is 5.91 Å². The fourth-order valence-electron chi connectivity index (χ4n) is 4.54. The van der Waals surface area contributed by atoms with Crippen LogP contribution in [0.15, 0.2) is 71.9 Å². The first-order valence-corrected chi connectivity index (χ1v) is 10.8. The van der Waals surface area contributed by atoms with Crippen LogP contribution in [0.1, 0.15) is 46.9 Å². The lowest BCUT2D eigenvalue weighted by Crippen LogP contribution is -2.47. The topological polar surface area (TPSA) is 96.4 Å². The van der Waals surface area contributed by atoms with Gasteiger partial charge in [-0.15, -0.1) is 0 Å². The van der Waals surface area contributed by atoms with Crippen molar-refractivity contribution in [1.29, 1.82) is 0 Å². The molecule has 0 saturated carbocycles. The number of anilines is 1. The van der Waals surface area contributed by atoms with E-state index in [0.29, 0.717) is 29.6 Å². The Bertz CT molecular complexity index is 1330. The molecule has 2 heterocycles. The number of pyridine rings is 1. The smallest absolute Gasteiger partial charge is 0.262 e. The van der Waals surface area contributed by atoms with Crippen LogP contribution in [0.25, 0.3) is 10.9 Å². The van der Waals surface area contributed by atoms with E-state index in [1.165, 1.54) is 0 Å². The Balaban J connectivity index is 1.53. The molecule has 0 fully saturated rings. The summed E-state index contributed by atoms with van der Waals surface area (Å²) in [6.07, 6.45) is 2.66. The van der Waals surface area contributed by atoms with E-state index in [-0.39, 0.29) is 23.3 Å². The number of ketones is 1. The number of benzene rings is 2. The number of nitrogens with zero attached hydrogens (tertiary/aromatic N) is 2. The minimum absolute atomic E-state index is 0.0322. The summed E-state index contributed by atoms with van der Waals surface area (Å²) in [6.45, 7) is 1.73. The molecule has 164 valence electrons. The largest absolute Gasteiger partial charge is 0.322 e. The molecule has 1 N–H and O–H groups in total. The van der Waals surface area contributed by atoms with Crippen LogP contribution in [0.2, 0.25) is 0 Å². The highest BCUT2D eigenvalue weighted by Crippen LogP contribution is 2.32. The Hall–Kier alpha value is -4.13. The molecule has 0 spiro atoms. The van der Waals surface area contributed by atoms with Gasteiger partial charge in [0.15, 0.2) is 5.78 Å². The van der Waals surface area contributed by atoms with Crippen molar-refractivity contribution in [3.63, 3.8) is 0 Å². The average molecular weight is 439 g/mol. The first kappa shape index (κ1) is 20.8. The summed E-state index contributed by atoms with van der Waals surface area (Å²) in [4.78, 5) is 57.4.